The molecular formula is C8H14Y-2. The molecule has 0 fully saturated rings. The summed E-state index contributed by atoms with van der Waals surface area (Å²) in [7, 11) is 0. The summed E-state index contributed by atoms with van der Waals surface area (Å²) in [4.78, 5) is 0. The maximum atomic E-state index is 4.78. The van der Waals surface area contributed by atoms with Crippen LogP contribution in [0.4, 0.5) is 0 Å². The zero-order valence-corrected chi connectivity index (χ0v) is 9.14. The fourth-order valence-electron chi connectivity index (χ4n) is 0. The predicted octanol–water partition coefficient (Wildman–Crippen LogP) is 2.79. The monoisotopic (exact) mass is 199 g/mol. The van der Waals surface area contributed by atoms with Crippen LogP contribution in [-0.4, -0.2) is 0 Å². The molecule has 0 saturated carbocycles. The van der Waals surface area contributed by atoms with Crippen LogP contribution in [-0.2, 0) is 32.7 Å². The van der Waals surface area contributed by atoms with E-state index >= 15 is 0 Å². The van der Waals surface area contributed by atoms with Crippen molar-refractivity contribution < 1.29 is 32.7 Å². The van der Waals surface area contributed by atoms with Crippen molar-refractivity contribution in [2.45, 2.75) is 13.8 Å². The van der Waals surface area contributed by atoms with Crippen LogP contribution in [0.2, 0.25) is 0 Å². The van der Waals surface area contributed by atoms with Crippen molar-refractivity contribution in [1.29, 1.82) is 0 Å². The van der Waals surface area contributed by atoms with Crippen LogP contribution in [0, 0.1) is 13.2 Å². The Bertz CT molecular complexity index is 33.8. The largest absolute Gasteiger partial charge is 0.521 e. The first kappa shape index (κ1) is 22.8. The van der Waals surface area contributed by atoms with E-state index < -0.39 is 0 Å². The van der Waals surface area contributed by atoms with Crippen molar-refractivity contribution in [3.63, 3.8) is 0 Å². The van der Waals surface area contributed by atoms with Gasteiger partial charge < -0.3 is 6.58 Å². The van der Waals surface area contributed by atoms with E-state index in [1.54, 1.807) is 0 Å². The van der Waals surface area contributed by atoms with E-state index in [2.05, 4.69) is 19.7 Å². The summed E-state index contributed by atoms with van der Waals surface area (Å²) in [6.45, 7) is 19.1. The van der Waals surface area contributed by atoms with Crippen molar-refractivity contribution >= 4 is 0 Å². The quantitative estimate of drug-likeness (QED) is 0.450. The van der Waals surface area contributed by atoms with Gasteiger partial charge in [0.2, 0.25) is 0 Å². The summed E-state index contributed by atoms with van der Waals surface area (Å²) in [6.07, 6.45) is 2.92. The smallest absolute Gasteiger partial charge is 0 e. The summed E-state index contributed by atoms with van der Waals surface area (Å²) in [5.74, 6) is 0. The van der Waals surface area contributed by atoms with Crippen molar-refractivity contribution in [2.24, 2.45) is 0 Å². The molecule has 0 aliphatic heterocycles. The molecule has 0 N–H and O–H groups in total. The molecule has 51 valence electrons. The van der Waals surface area contributed by atoms with Gasteiger partial charge in [0.15, 0.2) is 0 Å². The van der Waals surface area contributed by atoms with Crippen molar-refractivity contribution in [3.8, 4) is 0 Å². The maximum Gasteiger partial charge on any atom is 0 e. The van der Waals surface area contributed by atoms with Gasteiger partial charge in [-0.15, -0.1) is 0 Å². The SMILES string of the molecule is CC.[CH-]=C.[CH-]=CC=C.[Y]. The van der Waals surface area contributed by atoms with E-state index in [-0.39, 0.29) is 32.7 Å². The second-order valence-electron chi connectivity index (χ2n) is 0.428. The number of rotatable bonds is 1. The zero-order chi connectivity index (χ0) is 7.41. The second-order valence-corrected chi connectivity index (χ2v) is 0.428. The Labute approximate surface area is 84.6 Å². The summed E-state index contributed by atoms with van der Waals surface area (Å²) in [5, 5.41) is 0. The van der Waals surface area contributed by atoms with Gasteiger partial charge in [0.25, 0.3) is 0 Å². The van der Waals surface area contributed by atoms with E-state index in [1.165, 1.54) is 12.2 Å². The van der Waals surface area contributed by atoms with Gasteiger partial charge in [0.1, 0.15) is 0 Å². The minimum Gasteiger partial charge on any atom is -0.521 e. The first-order chi connectivity index (χ1) is 3.91. The molecule has 0 rings (SSSR count). The first-order valence-electron chi connectivity index (χ1n) is 2.48. The topological polar surface area (TPSA) is 0 Å². The predicted molar refractivity (Wildman–Crippen MR) is 40.3 cm³/mol. The second kappa shape index (κ2) is 82.7. The fraction of sp³-hybridized carbons (Fsp3) is 0.250. The average molecular weight is 199 g/mol. The molecule has 0 saturated heterocycles. The summed E-state index contributed by atoms with van der Waals surface area (Å²) >= 11 is 0. The molecule has 0 aliphatic rings. The minimum absolute atomic E-state index is 0. The molecular weight excluding hydrogens is 185 g/mol. The van der Waals surface area contributed by atoms with Crippen LogP contribution in [0.5, 0.6) is 0 Å². The molecule has 0 aromatic rings. The molecule has 0 aliphatic carbocycles. The van der Waals surface area contributed by atoms with Crippen LogP contribution >= 0.6 is 0 Å². The van der Waals surface area contributed by atoms with Crippen LogP contribution in [0.15, 0.2) is 25.3 Å². The van der Waals surface area contributed by atoms with Gasteiger partial charge in [0.05, 0.1) is 0 Å². The first-order valence-corrected chi connectivity index (χ1v) is 2.48. The van der Waals surface area contributed by atoms with Crippen molar-refractivity contribution in [2.75, 3.05) is 0 Å². The third-order valence-corrected chi connectivity index (χ3v) is 0.136. The zero-order valence-electron chi connectivity index (χ0n) is 6.30. The van der Waals surface area contributed by atoms with E-state index in [9.17, 15) is 0 Å². The van der Waals surface area contributed by atoms with Gasteiger partial charge >= 0.3 is 0 Å². The van der Waals surface area contributed by atoms with Gasteiger partial charge in [-0.2, -0.15) is 6.58 Å². The van der Waals surface area contributed by atoms with E-state index in [4.69, 9.17) is 6.58 Å². The van der Waals surface area contributed by atoms with Crippen LogP contribution in [0.25, 0.3) is 0 Å². The molecule has 0 nitrogen and oxygen atoms in total. The Morgan fingerprint density at radius 1 is 1.22 bits per heavy atom. The number of allylic oxidation sites excluding steroid dienone is 2. The average Bonchev–Trinajstić information content (AvgIpc) is 1.96. The molecule has 0 aromatic carbocycles. The molecule has 9 heavy (non-hydrogen) atoms. The number of hydrogen-bond donors (Lipinski definition) is 0. The maximum absolute atomic E-state index is 4.78. The Balaban J connectivity index is -0.0000000221. The number of hydrogen-bond acceptors (Lipinski definition) is 0. The molecule has 0 spiro atoms. The Morgan fingerprint density at radius 3 is 1.33 bits per heavy atom. The summed E-state index contributed by atoms with van der Waals surface area (Å²) in [6, 6.07) is 0. The summed E-state index contributed by atoms with van der Waals surface area (Å²) in [5.41, 5.74) is 0. The van der Waals surface area contributed by atoms with Gasteiger partial charge in [0, 0.05) is 32.7 Å². The van der Waals surface area contributed by atoms with Crippen molar-refractivity contribution in [3.05, 3.63) is 38.5 Å². The molecule has 0 heterocycles. The Kier molecular flexibility index (Phi) is 209. The molecule has 1 radical (unpaired) electrons. The van der Waals surface area contributed by atoms with Gasteiger partial charge in [-0.3, -0.25) is 13.2 Å². The molecule has 0 amide bonds. The standard InChI is InChI=1S/C4H5.C2H6.C2H3.Y/c1-3-4-2;2*1-2;/h1,3-4H,2H2;1-2H3;1H,2H2;/q-1;;-1;. The van der Waals surface area contributed by atoms with E-state index in [0.717, 1.165) is 0 Å². The van der Waals surface area contributed by atoms with Gasteiger partial charge in [-0.25, -0.2) is 12.2 Å². The van der Waals surface area contributed by atoms with Crippen molar-refractivity contribution in [1.82, 2.24) is 0 Å². The fourth-order valence-corrected chi connectivity index (χ4v) is 0. The van der Waals surface area contributed by atoms with Gasteiger partial charge in [-0.05, 0) is 0 Å². The van der Waals surface area contributed by atoms with E-state index in [1.807, 2.05) is 13.8 Å². The molecule has 1 heteroatoms. The normalized spacial score (nSPS) is 3.33. The molecule has 0 unspecified atom stereocenters. The molecule has 0 atom stereocenters. The van der Waals surface area contributed by atoms with Crippen LogP contribution in [0.3, 0.4) is 0 Å². The van der Waals surface area contributed by atoms with Crippen LogP contribution < -0.4 is 0 Å². The molecule has 0 aromatic heterocycles. The van der Waals surface area contributed by atoms with Crippen LogP contribution in [0.1, 0.15) is 13.8 Å². The molecule has 0 bridgehead atoms. The Hall–Kier alpha value is 0.324. The van der Waals surface area contributed by atoms with E-state index in [0.29, 0.717) is 0 Å². The minimum atomic E-state index is 0. The Morgan fingerprint density at radius 2 is 1.33 bits per heavy atom. The third-order valence-electron chi connectivity index (χ3n) is 0.136. The summed E-state index contributed by atoms with van der Waals surface area (Å²) < 4.78 is 0. The van der Waals surface area contributed by atoms with Gasteiger partial charge in [-0.1, -0.05) is 13.8 Å². The third kappa shape index (κ3) is 190.